The zero-order valence-corrected chi connectivity index (χ0v) is 20.2. The Hall–Kier alpha value is -1.55. The van der Waals surface area contributed by atoms with E-state index in [2.05, 4.69) is 15.1 Å². The molecule has 2 atom stereocenters. The molecule has 2 N–H and O–H groups in total. The van der Waals surface area contributed by atoms with Gasteiger partial charge >= 0.3 is 0 Å². The SMILES string of the molecule is CC1Cc2c(ncnc2Oc2ccc(F)cc2Cl)CN1/C(C=N)=C(\Cl)C(=O)NPI. The highest BCUT2D eigenvalue weighted by Gasteiger charge is 2.30. The zero-order chi connectivity index (χ0) is 21.8. The lowest BCUT2D eigenvalue weighted by Crippen LogP contribution is -2.40. The number of hydrogen-bond acceptors (Lipinski definition) is 6. The molecule has 3 rings (SSSR count). The summed E-state index contributed by atoms with van der Waals surface area (Å²) in [5, 5.41) is 10.5. The summed E-state index contributed by atoms with van der Waals surface area (Å²) in [5.74, 6) is -0.279. The van der Waals surface area contributed by atoms with E-state index in [9.17, 15) is 9.18 Å². The topological polar surface area (TPSA) is 91.2 Å². The lowest BCUT2D eigenvalue weighted by molar-refractivity contribution is -0.115. The smallest absolute Gasteiger partial charge is 0.268 e. The zero-order valence-electron chi connectivity index (χ0n) is 15.5. The number of amides is 1. The maximum Gasteiger partial charge on any atom is 0.268 e. The van der Waals surface area contributed by atoms with Crippen molar-refractivity contribution in [3.05, 3.63) is 57.4 Å². The van der Waals surface area contributed by atoms with Crippen LogP contribution in [0.3, 0.4) is 0 Å². The molecule has 1 aromatic heterocycles. The predicted octanol–water partition coefficient (Wildman–Crippen LogP) is 4.97. The van der Waals surface area contributed by atoms with Gasteiger partial charge in [-0.3, -0.25) is 4.79 Å². The fourth-order valence-corrected chi connectivity index (χ4v) is 4.49. The monoisotopic (exact) mass is 581 g/mol. The summed E-state index contributed by atoms with van der Waals surface area (Å²) in [6.07, 6.45) is 3.08. The molecular formula is C18H16Cl2FIN5O2P. The van der Waals surface area contributed by atoms with E-state index in [4.69, 9.17) is 33.3 Å². The quantitative estimate of drug-likeness (QED) is 0.218. The van der Waals surface area contributed by atoms with Crippen LogP contribution in [0.1, 0.15) is 18.2 Å². The Morgan fingerprint density at radius 2 is 2.27 bits per heavy atom. The van der Waals surface area contributed by atoms with Gasteiger partial charge in [-0.25, -0.2) is 14.4 Å². The van der Waals surface area contributed by atoms with Crippen LogP contribution in [0.25, 0.3) is 0 Å². The number of allylic oxidation sites excluding steroid dienone is 1. The number of aromatic nitrogens is 2. The molecule has 0 aliphatic carbocycles. The van der Waals surface area contributed by atoms with E-state index in [1.165, 1.54) is 24.5 Å². The molecule has 0 spiro atoms. The number of ether oxygens (including phenoxy) is 1. The molecule has 1 aliphatic rings. The summed E-state index contributed by atoms with van der Waals surface area (Å²) in [5.41, 5.74) is 1.77. The molecule has 0 fully saturated rings. The first kappa shape index (κ1) is 23.1. The average Bonchev–Trinajstić information content (AvgIpc) is 2.71. The molecule has 0 radical (unpaired) electrons. The molecule has 12 heteroatoms. The molecule has 1 aliphatic heterocycles. The highest BCUT2D eigenvalue weighted by Crippen LogP contribution is 2.35. The van der Waals surface area contributed by atoms with Crippen molar-refractivity contribution in [3.63, 3.8) is 0 Å². The van der Waals surface area contributed by atoms with Crippen LogP contribution in [-0.2, 0) is 17.8 Å². The second-order valence-electron chi connectivity index (χ2n) is 6.35. The number of carbonyl (C=O) groups excluding carboxylic acids is 1. The standard InChI is InChI=1S/C18H16Cl2FIN5O2P/c1-9-4-11-13(7-27(9)14(6-23)16(20)17(28)26-30-22)24-8-25-18(11)29-15-3-2-10(21)5-12(15)19/h2-3,5-6,8-9,23,30H,4,7H2,1H3,(H,26,28)/b16-14-,23-6?. The van der Waals surface area contributed by atoms with E-state index in [0.29, 0.717) is 30.2 Å². The fourth-order valence-electron chi connectivity index (χ4n) is 3.05. The average molecular weight is 582 g/mol. The number of rotatable bonds is 6. The lowest BCUT2D eigenvalue weighted by atomic mass is 9.98. The molecule has 7 nitrogen and oxygen atoms in total. The van der Waals surface area contributed by atoms with Crippen molar-refractivity contribution in [2.24, 2.45) is 0 Å². The number of carbonyl (C=O) groups is 1. The number of hydrogen-bond donors (Lipinski definition) is 2. The van der Waals surface area contributed by atoms with Gasteiger partial charge in [-0.05, 0) is 53.6 Å². The van der Waals surface area contributed by atoms with Gasteiger partial charge in [0.2, 0.25) is 5.88 Å². The number of nitrogens with zero attached hydrogens (tertiary/aromatic N) is 3. The molecule has 0 bridgehead atoms. The van der Waals surface area contributed by atoms with E-state index in [0.717, 1.165) is 11.8 Å². The van der Waals surface area contributed by atoms with Gasteiger partial charge in [0.25, 0.3) is 5.91 Å². The predicted molar refractivity (Wildman–Crippen MR) is 124 cm³/mol. The molecule has 2 aromatic rings. The van der Waals surface area contributed by atoms with Gasteiger partial charge in [-0.15, -0.1) is 0 Å². The summed E-state index contributed by atoms with van der Waals surface area (Å²) in [6, 6.07) is 3.74. The van der Waals surface area contributed by atoms with Crippen LogP contribution in [0.4, 0.5) is 4.39 Å². The van der Waals surface area contributed by atoms with Crippen LogP contribution in [0.5, 0.6) is 11.6 Å². The van der Waals surface area contributed by atoms with Gasteiger partial charge in [-0.1, -0.05) is 23.2 Å². The minimum atomic E-state index is -0.462. The largest absolute Gasteiger partial charge is 0.437 e. The van der Waals surface area contributed by atoms with E-state index in [-0.39, 0.29) is 28.2 Å². The third kappa shape index (κ3) is 5.01. The normalized spacial score (nSPS) is 16.8. The highest BCUT2D eigenvalue weighted by atomic mass is 127. The third-order valence-electron chi connectivity index (χ3n) is 4.48. The van der Waals surface area contributed by atoms with Crippen LogP contribution in [-0.4, -0.2) is 33.0 Å². The van der Waals surface area contributed by atoms with Crippen LogP contribution in [0.15, 0.2) is 35.3 Å². The molecule has 1 amide bonds. The highest BCUT2D eigenvalue weighted by molar-refractivity contribution is 14.2. The first-order valence-electron chi connectivity index (χ1n) is 8.64. The van der Waals surface area contributed by atoms with Crippen LogP contribution < -0.4 is 9.82 Å². The van der Waals surface area contributed by atoms with Gasteiger partial charge in [0.15, 0.2) is 0 Å². The van der Waals surface area contributed by atoms with Crippen LogP contribution in [0.2, 0.25) is 5.02 Å². The van der Waals surface area contributed by atoms with Crippen molar-refractivity contribution in [1.29, 1.82) is 5.41 Å². The molecule has 30 heavy (non-hydrogen) atoms. The van der Waals surface area contributed by atoms with Crippen molar-refractivity contribution in [2.45, 2.75) is 25.9 Å². The first-order chi connectivity index (χ1) is 14.3. The first-order valence-corrected chi connectivity index (χ1v) is 13.5. The van der Waals surface area contributed by atoms with Crippen molar-refractivity contribution < 1.29 is 13.9 Å². The number of halogens is 4. The van der Waals surface area contributed by atoms with Gasteiger partial charge in [-0.2, -0.15) is 0 Å². The molecule has 0 saturated carbocycles. The Kier molecular flexibility index (Phi) is 7.84. The maximum atomic E-state index is 13.3. The minimum absolute atomic E-state index is 0.0481. The molecule has 158 valence electrons. The molecule has 2 unspecified atom stereocenters. The fraction of sp³-hybridized carbons (Fsp3) is 0.222. The van der Waals surface area contributed by atoms with Gasteiger partial charge in [0, 0.05) is 24.2 Å². The van der Waals surface area contributed by atoms with E-state index < -0.39 is 11.7 Å². The summed E-state index contributed by atoms with van der Waals surface area (Å²) >= 11 is 14.3. The summed E-state index contributed by atoms with van der Waals surface area (Å²) in [7, 11) is 0. The maximum absolute atomic E-state index is 13.3. The summed E-state index contributed by atoms with van der Waals surface area (Å²) in [4.78, 5) is 22.5. The summed E-state index contributed by atoms with van der Waals surface area (Å²) < 4.78 is 19.1. The number of benzene rings is 1. The lowest BCUT2D eigenvalue weighted by Gasteiger charge is -2.36. The van der Waals surface area contributed by atoms with Crippen LogP contribution >= 0.6 is 51.6 Å². The van der Waals surface area contributed by atoms with Crippen molar-refractivity contribution >= 4 is 63.7 Å². The Morgan fingerprint density at radius 3 is 2.93 bits per heavy atom. The van der Waals surface area contributed by atoms with Gasteiger partial charge in [0.05, 0.1) is 23.0 Å². The van der Waals surface area contributed by atoms with E-state index in [1.807, 2.05) is 33.9 Å². The van der Waals surface area contributed by atoms with Crippen LogP contribution in [0, 0.1) is 11.2 Å². The Bertz CT molecular complexity index is 1030. The third-order valence-corrected chi connectivity index (χ3v) is 6.27. The Labute approximate surface area is 197 Å². The van der Waals surface area contributed by atoms with Gasteiger partial charge < -0.3 is 20.1 Å². The van der Waals surface area contributed by atoms with E-state index >= 15 is 0 Å². The molecular weight excluding hydrogens is 566 g/mol. The molecule has 1 aromatic carbocycles. The van der Waals surface area contributed by atoms with Crippen molar-refractivity contribution in [2.75, 3.05) is 0 Å². The second-order valence-corrected chi connectivity index (χ2v) is 9.20. The van der Waals surface area contributed by atoms with E-state index in [1.54, 1.807) is 0 Å². The minimum Gasteiger partial charge on any atom is -0.437 e. The molecule has 0 saturated heterocycles. The van der Waals surface area contributed by atoms with Gasteiger partial charge in [0.1, 0.15) is 22.9 Å². The van der Waals surface area contributed by atoms with Crippen molar-refractivity contribution in [3.8, 4) is 11.6 Å². The Morgan fingerprint density at radius 1 is 1.50 bits per heavy atom. The molecule has 2 heterocycles. The summed E-state index contributed by atoms with van der Waals surface area (Å²) in [6.45, 7) is 2.25. The number of nitrogens with one attached hydrogen (secondary N) is 2. The Balaban J connectivity index is 1.92. The van der Waals surface area contributed by atoms with Crippen molar-refractivity contribution in [1.82, 2.24) is 20.0 Å². The second kappa shape index (κ2) is 10.2. The number of fused-ring (bicyclic) bond motifs is 1.